The van der Waals surface area contributed by atoms with E-state index in [1.165, 1.54) is 35.6 Å². The highest BCUT2D eigenvalue weighted by atomic mass is 35.5. The molecule has 43 heavy (non-hydrogen) atoms. The first-order valence-electron chi connectivity index (χ1n) is 13.1. The molecule has 4 aromatic carbocycles. The number of primary amides is 1. The van der Waals surface area contributed by atoms with Gasteiger partial charge in [0.15, 0.2) is 0 Å². The first-order valence-corrected chi connectivity index (χ1v) is 14.7. The molecule has 1 aromatic heterocycles. The van der Waals surface area contributed by atoms with Gasteiger partial charge in [-0.3, -0.25) is 9.79 Å². The molecule has 0 bridgehead atoms. The van der Waals surface area contributed by atoms with Crippen molar-refractivity contribution in [3.8, 4) is 22.8 Å². The van der Waals surface area contributed by atoms with Crippen LogP contribution in [-0.2, 0) is 13.0 Å². The summed E-state index contributed by atoms with van der Waals surface area (Å²) in [6, 6.07) is 23.5. The van der Waals surface area contributed by atoms with Gasteiger partial charge < -0.3 is 15.6 Å². The minimum absolute atomic E-state index is 0.00102. The molecule has 0 aliphatic carbocycles. The van der Waals surface area contributed by atoms with Crippen LogP contribution in [0.5, 0.6) is 11.5 Å². The first kappa shape index (κ1) is 30.0. The highest BCUT2D eigenvalue weighted by Crippen LogP contribution is 2.27. The highest BCUT2D eigenvalue weighted by molar-refractivity contribution is 7.07. The van der Waals surface area contributed by atoms with E-state index in [9.17, 15) is 14.3 Å². The fourth-order valence-electron chi connectivity index (χ4n) is 4.16. The standard InChI is InChI=1S/C32H25Cl2FN4O3S/c33-24-8-6-22(28(34)16-24)12-13-37-32-39(29(19-43-32)23-7-11-30(40)27(15-23)31(36)41)38-17-21-2-1-3-26(14-21)42-18-20-4-9-25(35)10-5-20/h1-11,14-17,19,40H,12-13,18H2,(H2,36,41)/b37-32?,38-17+. The third-order valence-corrected chi connectivity index (χ3v) is 7.83. The van der Waals surface area contributed by atoms with Crippen molar-refractivity contribution in [1.29, 1.82) is 0 Å². The van der Waals surface area contributed by atoms with Crippen molar-refractivity contribution >= 4 is 46.7 Å². The van der Waals surface area contributed by atoms with E-state index in [0.717, 1.165) is 16.7 Å². The molecule has 7 nitrogen and oxygen atoms in total. The third-order valence-electron chi connectivity index (χ3n) is 6.39. The molecule has 5 rings (SSSR count). The van der Waals surface area contributed by atoms with Gasteiger partial charge in [0, 0.05) is 27.5 Å². The monoisotopic (exact) mass is 634 g/mol. The molecule has 0 atom stereocenters. The molecule has 1 amide bonds. The molecule has 11 heteroatoms. The van der Waals surface area contributed by atoms with Gasteiger partial charge in [0.25, 0.3) is 5.91 Å². The molecule has 0 radical (unpaired) electrons. The highest BCUT2D eigenvalue weighted by Gasteiger charge is 2.13. The number of phenols is 1. The molecule has 5 aromatic rings. The number of amides is 1. The van der Waals surface area contributed by atoms with Crippen molar-refractivity contribution in [1.82, 2.24) is 4.68 Å². The van der Waals surface area contributed by atoms with Crippen molar-refractivity contribution in [2.45, 2.75) is 13.0 Å². The summed E-state index contributed by atoms with van der Waals surface area (Å²) in [7, 11) is 0. The Morgan fingerprint density at radius 3 is 2.63 bits per heavy atom. The van der Waals surface area contributed by atoms with Gasteiger partial charge in [-0.1, -0.05) is 53.5 Å². The zero-order valence-electron chi connectivity index (χ0n) is 22.6. The molecule has 0 saturated carbocycles. The maximum atomic E-state index is 13.2. The number of benzene rings is 4. The Labute approximate surface area is 260 Å². The Morgan fingerprint density at radius 2 is 1.86 bits per heavy atom. The number of ether oxygens (including phenoxy) is 1. The average Bonchev–Trinajstić information content (AvgIpc) is 3.39. The summed E-state index contributed by atoms with van der Waals surface area (Å²) < 4.78 is 20.8. The lowest BCUT2D eigenvalue weighted by Gasteiger charge is -2.08. The minimum Gasteiger partial charge on any atom is -0.507 e. The van der Waals surface area contributed by atoms with Gasteiger partial charge in [-0.15, -0.1) is 11.3 Å². The number of halogens is 3. The number of hydrogen-bond acceptors (Lipinski definition) is 6. The van der Waals surface area contributed by atoms with Crippen molar-refractivity contribution in [3.63, 3.8) is 0 Å². The van der Waals surface area contributed by atoms with E-state index in [2.05, 4.69) is 0 Å². The van der Waals surface area contributed by atoms with E-state index in [1.807, 2.05) is 35.7 Å². The normalized spacial score (nSPS) is 11.7. The van der Waals surface area contributed by atoms with Crippen LogP contribution >= 0.6 is 34.5 Å². The third kappa shape index (κ3) is 7.70. The number of aromatic hydroxyl groups is 1. The Kier molecular flexibility index (Phi) is 9.56. The average molecular weight is 636 g/mol. The molecular formula is C32H25Cl2FN4O3S. The van der Waals surface area contributed by atoms with Crippen LogP contribution in [0.15, 0.2) is 100 Å². The van der Waals surface area contributed by atoms with Gasteiger partial charge in [0.1, 0.15) is 23.9 Å². The lowest BCUT2D eigenvalue weighted by Crippen LogP contribution is -2.14. The molecule has 0 unspecified atom stereocenters. The Balaban J connectivity index is 1.44. The van der Waals surface area contributed by atoms with Crippen LogP contribution in [0.25, 0.3) is 11.3 Å². The second-order valence-corrected chi connectivity index (χ2v) is 11.1. The van der Waals surface area contributed by atoms with Gasteiger partial charge in [-0.25, -0.2) is 9.07 Å². The molecular weight excluding hydrogens is 610 g/mol. The van der Waals surface area contributed by atoms with Crippen molar-refractivity contribution in [3.05, 3.63) is 133 Å². The van der Waals surface area contributed by atoms with Crippen LogP contribution in [0.4, 0.5) is 4.39 Å². The summed E-state index contributed by atoms with van der Waals surface area (Å²) in [5, 5.41) is 17.8. The molecule has 0 saturated heterocycles. The number of thiazole rings is 1. The lowest BCUT2D eigenvalue weighted by molar-refractivity contribution is 0.0998. The zero-order chi connectivity index (χ0) is 30.3. The molecule has 3 N–H and O–H groups in total. The molecule has 0 spiro atoms. The number of hydrogen-bond donors (Lipinski definition) is 2. The smallest absolute Gasteiger partial charge is 0.252 e. The van der Waals surface area contributed by atoms with Gasteiger partial charge in [-0.05, 0) is 77.7 Å². The van der Waals surface area contributed by atoms with Crippen molar-refractivity contribution < 1.29 is 19.0 Å². The lowest BCUT2D eigenvalue weighted by atomic mass is 10.1. The molecule has 0 aliphatic heterocycles. The number of carbonyl (C=O) groups is 1. The number of nitrogens with two attached hydrogens (primary N) is 1. The second-order valence-electron chi connectivity index (χ2n) is 9.41. The maximum Gasteiger partial charge on any atom is 0.252 e. The summed E-state index contributed by atoms with van der Waals surface area (Å²) in [6.45, 7) is 0.722. The Morgan fingerprint density at radius 1 is 1.05 bits per heavy atom. The van der Waals surface area contributed by atoms with Gasteiger partial charge in [0.05, 0.1) is 17.5 Å². The number of nitrogens with zero attached hydrogens (tertiary/aromatic N) is 3. The van der Waals surface area contributed by atoms with Crippen LogP contribution in [0.3, 0.4) is 0 Å². The van der Waals surface area contributed by atoms with E-state index >= 15 is 0 Å². The summed E-state index contributed by atoms with van der Waals surface area (Å²) in [6.07, 6.45) is 2.26. The molecule has 1 heterocycles. The van der Waals surface area contributed by atoms with E-state index in [-0.39, 0.29) is 23.7 Å². The summed E-state index contributed by atoms with van der Waals surface area (Å²) >= 11 is 13.7. The van der Waals surface area contributed by atoms with Gasteiger partial charge >= 0.3 is 0 Å². The van der Waals surface area contributed by atoms with Crippen molar-refractivity contribution in [2.24, 2.45) is 15.8 Å². The fourth-order valence-corrected chi connectivity index (χ4v) is 5.53. The largest absolute Gasteiger partial charge is 0.507 e. The van der Waals surface area contributed by atoms with Gasteiger partial charge in [-0.2, -0.15) is 5.10 Å². The first-order chi connectivity index (χ1) is 20.8. The van der Waals surface area contributed by atoms with Crippen LogP contribution in [-0.4, -0.2) is 28.4 Å². The molecule has 0 fully saturated rings. The fraction of sp³-hybridized carbons (Fsp3) is 0.0938. The Hall–Kier alpha value is -4.44. The molecule has 218 valence electrons. The quantitative estimate of drug-likeness (QED) is 0.161. The second kappa shape index (κ2) is 13.7. The summed E-state index contributed by atoms with van der Waals surface area (Å²) in [5.41, 5.74) is 9.27. The van der Waals surface area contributed by atoms with E-state index in [4.69, 9.17) is 43.8 Å². The topological polar surface area (TPSA) is 102 Å². The van der Waals surface area contributed by atoms with Crippen molar-refractivity contribution in [2.75, 3.05) is 6.54 Å². The van der Waals surface area contributed by atoms with E-state index in [0.29, 0.717) is 44.8 Å². The summed E-state index contributed by atoms with van der Waals surface area (Å²) in [5.74, 6) is -0.626. The molecule has 0 aliphatic rings. The van der Waals surface area contributed by atoms with Crippen LogP contribution < -0.4 is 15.3 Å². The number of carbonyl (C=O) groups excluding carboxylic acids is 1. The number of aromatic nitrogens is 1. The van der Waals surface area contributed by atoms with E-state index in [1.54, 1.807) is 41.2 Å². The zero-order valence-corrected chi connectivity index (χ0v) is 24.9. The van der Waals surface area contributed by atoms with Crippen LogP contribution in [0.1, 0.15) is 27.0 Å². The minimum atomic E-state index is -0.744. The summed E-state index contributed by atoms with van der Waals surface area (Å²) in [4.78, 5) is 17.3. The predicted molar refractivity (Wildman–Crippen MR) is 169 cm³/mol. The predicted octanol–water partition coefficient (Wildman–Crippen LogP) is 7.07. The Bertz CT molecular complexity index is 1870. The van der Waals surface area contributed by atoms with Crippen LogP contribution in [0, 0.1) is 5.82 Å². The maximum absolute atomic E-state index is 13.2. The number of rotatable bonds is 10. The van der Waals surface area contributed by atoms with Gasteiger partial charge in [0.2, 0.25) is 4.80 Å². The SMILES string of the molecule is NC(=O)c1cc(-c2csc(=NCCc3ccc(Cl)cc3Cl)n2/N=C/c2cccc(OCc3ccc(F)cc3)c2)ccc1O. The van der Waals surface area contributed by atoms with Crippen LogP contribution in [0.2, 0.25) is 10.0 Å². The van der Waals surface area contributed by atoms with E-state index < -0.39 is 5.91 Å².